The van der Waals surface area contributed by atoms with Gasteiger partial charge in [0.15, 0.2) is 0 Å². The zero-order valence-corrected chi connectivity index (χ0v) is 10.7. The summed E-state index contributed by atoms with van der Waals surface area (Å²) in [7, 11) is 0. The summed E-state index contributed by atoms with van der Waals surface area (Å²) in [6, 6.07) is 0.358. The second kappa shape index (κ2) is 4.64. The van der Waals surface area contributed by atoms with Crippen LogP contribution in [0.4, 0.5) is 0 Å². The number of hydrogen-bond donors (Lipinski definition) is 1. The first-order valence-corrected chi connectivity index (χ1v) is 7.26. The fourth-order valence-electron chi connectivity index (χ4n) is 2.80. The summed E-state index contributed by atoms with van der Waals surface area (Å²) in [5.41, 5.74) is 6.47. The van der Waals surface area contributed by atoms with Crippen LogP contribution in [-0.4, -0.2) is 29.8 Å². The summed E-state index contributed by atoms with van der Waals surface area (Å²) in [6.45, 7) is 5.39. The van der Waals surface area contributed by atoms with Gasteiger partial charge < -0.3 is 10.5 Å². The number of nitrogens with two attached hydrogens (primary N) is 1. The van der Waals surface area contributed by atoms with Gasteiger partial charge >= 0.3 is 0 Å². The van der Waals surface area contributed by atoms with Crippen molar-refractivity contribution in [1.29, 1.82) is 0 Å². The Bertz CT molecular complexity index is 214. The summed E-state index contributed by atoms with van der Waals surface area (Å²) >= 11 is 2.04. The van der Waals surface area contributed by atoms with Crippen molar-refractivity contribution in [3.8, 4) is 0 Å². The molecule has 88 valence electrons. The minimum atomic E-state index is 0.195. The summed E-state index contributed by atoms with van der Waals surface area (Å²) in [4.78, 5) is 0. The van der Waals surface area contributed by atoms with E-state index in [1.54, 1.807) is 0 Å². The highest BCUT2D eigenvalue weighted by atomic mass is 32.2. The van der Waals surface area contributed by atoms with Crippen LogP contribution in [0.15, 0.2) is 0 Å². The monoisotopic (exact) mass is 229 g/mol. The van der Waals surface area contributed by atoms with E-state index in [2.05, 4.69) is 13.8 Å². The van der Waals surface area contributed by atoms with Gasteiger partial charge in [-0.15, -0.1) is 0 Å². The third-order valence-electron chi connectivity index (χ3n) is 3.91. The molecule has 1 spiro atoms. The molecule has 2 N–H and O–H groups in total. The van der Waals surface area contributed by atoms with E-state index in [0.29, 0.717) is 17.9 Å². The molecule has 0 radical (unpaired) electrons. The van der Waals surface area contributed by atoms with Gasteiger partial charge in [0.05, 0.1) is 5.60 Å². The smallest absolute Gasteiger partial charge is 0.0783 e. The molecule has 3 heteroatoms. The minimum Gasteiger partial charge on any atom is -0.374 e. The first-order valence-electron chi connectivity index (χ1n) is 6.10. The average molecular weight is 229 g/mol. The molecular weight excluding hydrogens is 206 g/mol. The van der Waals surface area contributed by atoms with Gasteiger partial charge in [-0.25, -0.2) is 0 Å². The third kappa shape index (κ3) is 2.51. The quantitative estimate of drug-likeness (QED) is 0.789. The van der Waals surface area contributed by atoms with Crippen molar-refractivity contribution in [2.75, 3.05) is 18.1 Å². The molecule has 0 aliphatic carbocycles. The lowest BCUT2D eigenvalue weighted by atomic mass is 9.78. The van der Waals surface area contributed by atoms with Gasteiger partial charge in [0, 0.05) is 18.4 Å². The molecule has 0 bridgehead atoms. The summed E-state index contributed by atoms with van der Waals surface area (Å²) in [5, 5.41) is 0. The maximum atomic E-state index is 6.28. The van der Waals surface area contributed by atoms with Gasteiger partial charge in [0.1, 0.15) is 0 Å². The predicted molar refractivity (Wildman–Crippen MR) is 66.2 cm³/mol. The summed E-state index contributed by atoms with van der Waals surface area (Å²) in [5.74, 6) is 3.73. The molecular formula is C12H23NOS. The van der Waals surface area contributed by atoms with E-state index in [-0.39, 0.29) is 5.60 Å². The molecule has 2 rings (SSSR count). The van der Waals surface area contributed by atoms with E-state index in [4.69, 9.17) is 10.5 Å². The van der Waals surface area contributed by atoms with E-state index >= 15 is 0 Å². The van der Waals surface area contributed by atoms with Gasteiger partial charge in [-0.05, 0) is 36.9 Å². The van der Waals surface area contributed by atoms with Crippen molar-refractivity contribution in [3.05, 3.63) is 0 Å². The fraction of sp³-hybridized carbons (Fsp3) is 1.00. The van der Waals surface area contributed by atoms with E-state index < -0.39 is 0 Å². The molecule has 0 aromatic rings. The van der Waals surface area contributed by atoms with Gasteiger partial charge in [0.25, 0.3) is 0 Å². The van der Waals surface area contributed by atoms with Crippen LogP contribution in [0.25, 0.3) is 0 Å². The van der Waals surface area contributed by atoms with E-state index in [1.165, 1.54) is 24.3 Å². The molecule has 0 amide bonds. The Labute approximate surface area is 97.3 Å². The van der Waals surface area contributed by atoms with Gasteiger partial charge in [-0.3, -0.25) is 0 Å². The Morgan fingerprint density at radius 1 is 1.47 bits per heavy atom. The lowest BCUT2D eigenvalue weighted by Crippen LogP contribution is -2.47. The third-order valence-corrected chi connectivity index (χ3v) is 5.14. The van der Waals surface area contributed by atoms with Crippen LogP contribution in [0.5, 0.6) is 0 Å². The second-order valence-corrected chi connectivity index (χ2v) is 6.51. The van der Waals surface area contributed by atoms with Crippen molar-refractivity contribution < 1.29 is 4.74 Å². The average Bonchev–Trinajstić information content (AvgIpc) is 2.65. The molecule has 3 atom stereocenters. The number of hydrogen-bond acceptors (Lipinski definition) is 3. The van der Waals surface area contributed by atoms with Crippen LogP contribution < -0.4 is 5.73 Å². The normalized spacial score (nSPS) is 38.8. The Morgan fingerprint density at radius 3 is 2.87 bits per heavy atom. The fourth-order valence-corrected chi connectivity index (χ4v) is 4.18. The van der Waals surface area contributed by atoms with Gasteiger partial charge in [-0.2, -0.15) is 11.8 Å². The summed E-state index contributed by atoms with van der Waals surface area (Å²) < 4.78 is 6.01. The number of thioether (sulfide) groups is 1. The van der Waals surface area contributed by atoms with Crippen molar-refractivity contribution in [3.63, 3.8) is 0 Å². The lowest BCUT2D eigenvalue weighted by molar-refractivity contribution is -0.0852. The number of rotatable bonds is 2. The van der Waals surface area contributed by atoms with E-state index in [1.807, 2.05) is 11.8 Å². The Balaban J connectivity index is 1.97. The zero-order chi connectivity index (χ0) is 10.9. The minimum absolute atomic E-state index is 0.195. The zero-order valence-electron chi connectivity index (χ0n) is 9.87. The maximum Gasteiger partial charge on any atom is 0.0783 e. The number of ether oxygens (including phenoxy) is 1. The van der Waals surface area contributed by atoms with Crippen LogP contribution in [0.1, 0.15) is 33.1 Å². The largest absolute Gasteiger partial charge is 0.374 e. The van der Waals surface area contributed by atoms with Crippen LogP contribution in [0, 0.1) is 11.8 Å². The topological polar surface area (TPSA) is 35.2 Å². The highest BCUT2D eigenvalue weighted by Gasteiger charge is 2.42. The SMILES string of the molecule is CC(C)C(N)C1CCOC2(CCSC2)C1. The van der Waals surface area contributed by atoms with Crippen LogP contribution in [0.2, 0.25) is 0 Å². The molecule has 0 aromatic heterocycles. The summed E-state index contributed by atoms with van der Waals surface area (Å²) in [6.07, 6.45) is 3.59. The Morgan fingerprint density at radius 2 is 2.27 bits per heavy atom. The first-order chi connectivity index (χ1) is 7.13. The van der Waals surface area contributed by atoms with Gasteiger partial charge in [-0.1, -0.05) is 13.8 Å². The van der Waals surface area contributed by atoms with Crippen molar-refractivity contribution in [2.45, 2.75) is 44.8 Å². The lowest BCUT2D eigenvalue weighted by Gasteiger charge is -2.41. The Hall–Kier alpha value is 0.270. The molecule has 0 saturated carbocycles. The molecule has 0 aromatic carbocycles. The molecule has 3 unspecified atom stereocenters. The van der Waals surface area contributed by atoms with E-state index in [0.717, 1.165) is 13.0 Å². The molecule has 15 heavy (non-hydrogen) atoms. The van der Waals surface area contributed by atoms with Crippen molar-refractivity contribution >= 4 is 11.8 Å². The first kappa shape index (κ1) is 11.7. The van der Waals surface area contributed by atoms with Crippen LogP contribution >= 0.6 is 11.8 Å². The van der Waals surface area contributed by atoms with Gasteiger partial charge in [0.2, 0.25) is 0 Å². The predicted octanol–water partition coefficient (Wildman–Crippen LogP) is 2.27. The van der Waals surface area contributed by atoms with Crippen molar-refractivity contribution in [2.24, 2.45) is 17.6 Å². The molecule has 2 heterocycles. The van der Waals surface area contributed by atoms with Crippen molar-refractivity contribution in [1.82, 2.24) is 0 Å². The maximum absolute atomic E-state index is 6.28. The molecule has 2 nitrogen and oxygen atoms in total. The van der Waals surface area contributed by atoms with Crippen LogP contribution in [0.3, 0.4) is 0 Å². The molecule has 2 aliphatic heterocycles. The van der Waals surface area contributed by atoms with E-state index in [9.17, 15) is 0 Å². The molecule has 2 fully saturated rings. The standard InChI is InChI=1S/C12H23NOS/c1-9(2)11(13)10-3-5-14-12(7-10)4-6-15-8-12/h9-11H,3-8,13H2,1-2H3. The molecule has 2 aliphatic rings. The van der Waals surface area contributed by atoms with Crippen LogP contribution in [-0.2, 0) is 4.74 Å². The molecule has 2 saturated heterocycles. The highest BCUT2D eigenvalue weighted by molar-refractivity contribution is 7.99. The second-order valence-electron chi connectivity index (χ2n) is 5.41. The Kier molecular flexibility index (Phi) is 3.63. The highest BCUT2D eigenvalue weighted by Crippen LogP contribution is 2.41.